The van der Waals surface area contributed by atoms with Gasteiger partial charge in [-0.15, -0.1) is 0 Å². The lowest BCUT2D eigenvalue weighted by Gasteiger charge is -2.14. The largest absolute Gasteiger partial charge is 0.310 e. The Morgan fingerprint density at radius 3 is 1.95 bits per heavy atom. The van der Waals surface area contributed by atoms with Gasteiger partial charge in [0, 0.05) is 50.2 Å². The summed E-state index contributed by atoms with van der Waals surface area (Å²) in [4.78, 5) is 8.88. The molecule has 254 valence electrons. The van der Waals surface area contributed by atoms with Crippen LogP contribution in [0.5, 0.6) is 0 Å². The SMILES string of the molecule is [C-]#[N+]c1cc(-c2cccc(-n3c4cccnc4c4ccc5c6ccccc6n(-c6ccccc6)c5c43)c2)cc(-n2c3ccccc3c3cc(C#N)ccc32)c1. The van der Waals surface area contributed by atoms with E-state index in [0.717, 1.165) is 83.0 Å². The number of para-hydroxylation sites is 3. The summed E-state index contributed by atoms with van der Waals surface area (Å²) < 4.78 is 6.93. The first kappa shape index (κ1) is 30.7. The van der Waals surface area contributed by atoms with Gasteiger partial charge < -0.3 is 13.7 Å². The molecule has 0 atom stereocenters. The Bertz CT molecular complexity index is 3460. The summed E-state index contributed by atoms with van der Waals surface area (Å²) in [5.41, 5.74) is 13.4. The molecule has 0 aliphatic heterocycles. The van der Waals surface area contributed by atoms with Crippen molar-refractivity contribution in [2.24, 2.45) is 0 Å². The minimum atomic E-state index is 0.549. The number of aromatic nitrogens is 4. The van der Waals surface area contributed by atoms with Crippen molar-refractivity contribution in [2.45, 2.75) is 0 Å². The van der Waals surface area contributed by atoms with E-state index < -0.39 is 0 Å². The number of hydrogen-bond acceptors (Lipinski definition) is 2. The van der Waals surface area contributed by atoms with Gasteiger partial charge in [0.2, 0.25) is 0 Å². The van der Waals surface area contributed by atoms with Crippen molar-refractivity contribution in [1.29, 1.82) is 5.26 Å². The molecule has 7 aromatic carbocycles. The van der Waals surface area contributed by atoms with Gasteiger partial charge >= 0.3 is 0 Å². The van der Waals surface area contributed by atoms with Crippen LogP contribution in [0.1, 0.15) is 5.56 Å². The number of pyridine rings is 1. The summed E-state index contributed by atoms with van der Waals surface area (Å²) in [5, 5.41) is 15.2. The Labute approximate surface area is 315 Å². The van der Waals surface area contributed by atoms with Crippen LogP contribution in [-0.2, 0) is 0 Å². The van der Waals surface area contributed by atoms with Crippen molar-refractivity contribution >= 4 is 71.2 Å². The summed E-state index contributed by atoms with van der Waals surface area (Å²) in [5.74, 6) is 0. The molecular weight excluding hydrogens is 673 g/mol. The van der Waals surface area contributed by atoms with Gasteiger partial charge in [-0.2, -0.15) is 5.26 Å². The predicted octanol–water partition coefficient (Wildman–Crippen LogP) is 12.5. The van der Waals surface area contributed by atoms with Crippen LogP contribution in [0.15, 0.2) is 170 Å². The second-order valence-corrected chi connectivity index (χ2v) is 13.8. The van der Waals surface area contributed by atoms with E-state index in [-0.39, 0.29) is 0 Å². The van der Waals surface area contributed by atoms with Gasteiger partial charge in [-0.1, -0.05) is 72.8 Å². The van der Waals surface area contributed by atoms with E-state index in [0.29, 0.717) is 11.3 Å². The Kier molecular flexibility index (Phi) is 6.58. The molecule has 55 heavy (non-hydrogen) atoms. The molecular formula is C49H28N6. The van der Waals surface area contributed by atoms with Crippen LogP contribution in [0, 0.1) is 17.9 Å². The van der Waals surface area contributed by atoms with E-state index in [1.165, 1.54) is 10.8 Å². The second kappa shape index (κ2) is 11.8. The molecule has 6 heteroatoms. The zero-order chi connectivity index (χ0) is 36.6. The van der Waals surface area contributed by atoms with E-state index in [2.05, 4.69) is 140 Å². The molecule has 0 saturated carbocycles. The van der Waals surface area contributed by atoms with Crippen molar-refractivity contribution in [3.8, 4) is 34.3 Å². The third-order valence-corrected chi connectivity index (χ3v) is 10.9. The minimum Gasteiger partial charge on any atom is -0.310 e. The van der Waals surface area contributed by atoms with Crippen molar-refractivity contribution in [1.82, 2.24) is 18.7 Å². The summed E-state index contributed by atoms with van der Waals surface area (Å²) in [6.45, 7) is 8.12. The van der Waals surface area contributed by atoms with Crippen LogP contribution >= 0.6 is 0 Å². The van der Waals surface area contributed by atoms with Gasteiger partial charge in [0.25, 0.3) is 0 Å². The molecule has 0 saturated heterocycles. The fourth-order valence-corrected chi connectivity index (χ4v) is 8.58. The lowest BCUT2D eigenvalue weighted by Crippen LogP contribution is -1.99. The van der Waals surface area contributed by atoms with E-state index in [1.54, 1.807) is 0 Å². The second-order valence-electron chi connectivity index (χ2n) is 13.8. The average Bonchev–Trinajstić information content (AvgIpc) is 3.89. The van der Waals surface area contributed by atoms with Crippen molar-refractivity contribution in [3.05, 3.63) is 187 Å². The highest BCUT2D eigenvalue weighted by atomic mass is 15.1. The third-order valence-electron chi connectivity index (χ3n) is 10.9. The van der Waals surface area contributed by atoms with Gasteiger partial charge in [0.15, 0.2) is 5.69 Å². The van der Waals surface area contributed by atoms with Crippen molar-refractivity contribution in [2.75, 3.05) is 0 Å². The number of hydrogen-bond donors (Lipinski definition) is 0. The molecule has 0 spiro atoms. The van der Waals surface area contributed by atoms with Crippen molar-refractivity contribution in [3.63, 3.8) is 0 Å². The van der Waals surface area contributed by atoms with E-state index in [1.807, 2.05) is 54.7 Å². The maximum Gasteiger partial charge on any atom is 0.189 e. The first-order chi connectivity index (χ1) is 27.2. The van der Waals surface area contributed by atoms with Crippen LogP contribution in [0.25, 0.3) is 98.6 Å². The Morgan fingerprint density at radius 1 is 0.473 bits per heavy atom. The maximum atomic E-state index is 9.69. The van der Waals surface area contributed by atoms with Crippen LogP contribution in [0.3, 0.4) is 0 Å². The van der Waals surface area contributed by atoms with E-state index >= 15 is 0 Å². The molecule has 0 N–H and O–H groups in total. The molecule has 6 nitrogen and oxygen atoms in total. The minimum absolute atomic E-state index is 0.549. The normalized spacial score (nSPS) is 11.6. The highest BCUT2D eigenvalue weighted by Gasteiger charge is 2.22. The number of nitriles is 1. The molecule has 0 fully saturated rings. The third kappa shape index (κ3) is 4.50. The molecule has 11 aromatic rings. The summed E-state index contributed by atoms with van der Waals surface area (Å²) >= 11 is 0. The monoisotopic (exact) mass is 700 g/mol. The van der Waals surface area contributed by atoms with Gasteiger partial charge in [-0.3, -0.25) is 4.98 Å². The zero-order valence-corrected chi connectivity index (χ0v) is 29.3. The van der Waals surface area contributed by atoms with E-state index in [9.17, 15) is 5.26 Å². The first-order valence-corrected chi connectivity index (χ1v) is 18.1. The number of fused-ring (bicyclic) bond motifs is 10. The lowest BCUT2D eigenvalue weighted by atomic mass is 10.0. The molecule has 0 radical (unpaired) electrons. The molecule has 0 aliphatic carbocycles. The summed E-state index contributed by atoms with van der Waals surface area (Å²) in [7, 11) is 0. The first-order valence-electron chi connectivity index (χ1n) is 18.1. The van der Waals surface area contributed by atoms with Crippen molar-refractivity contribution < 1.29 is 0 Å². The highest BCUT2D eigenvalue weighted by molar-refractivity contribution is 6.23. The van der Waals surface area contributed by atoms with Gasteiger partial charge in [0.05, 0.1) is 56.8 Å². The Hall–Kier alpha value is -7.93. The molecule has 4 aromatic heterocycles. The number of rotatable bonds is 4. The zero-order valence-electron chi connectivity index (χ0n) is 29.3. The van der Waals surface area contributed by atoms with Gasteiger partial charge in [-0.05, 0) is 102 Å². The molecule has 4 heterocycles. The smallest absolute Gasteiger partial charge is 0.189 e. The lowest BCUT2D eigenvalue weighted by molar-refractivity contribution is 1.15. The van der Waals surface area contributed by atoms with Crippen LogP contribution in [0.2, 0.25) is 0 Å². The van der Waals surface area contributed by atoms with Gasteiger partial charge in [-0.25, -0.2) is 4.85 Å². The molecule has 0 amide bonds. The average molecular weight is 701 g/mol. The number of benzene rings is 7. The Balaban J connectivity index is 1.18. The predicted molar refractivity (Wildman–Crippen MR) is 224 cm³/mol. The molecule has 0 aliphatic rings. The fourth-order valence-electron chi connectivity index (χ4n) is 8.58. The highest BCUT2D eigenvalue weighted by Crippen LogP contribution is 2.42. The van der Waals surface area contributed by atoms with E-state index in [4.69, 9.17) is 11.6 Å². The quantitative estimate of drug-likeness (QED) is 0.172. The summed E-state index contributed by atoms with van der Waals surface area (Å²) in [6.07, 6.45) is 1.87. The fraction of sp³-hybridized carbons (Fsp3) is 0. The van der Waals surface area contributed by atoms with Crippen LogP contribution in [0.4, 0.5) is 5.69 Å². The standard InChI is InChI=1S/C49H28N6/c1-51-34-26-33(28-37(29-34)53-43-17-7-6-16-39(43)42-25-31(30-50)20-23-45(42)53)32-11-9-14-36(27-32)55-46-19-10-24-52-47(46)41-22-21-40-38-15-5-8-18-44(38)54(48(40)49(41)55)35-12-3-2-4-13-35/h2-29H. The van der Waals surface area contributed by atoms with Crippen LogP contribution < -0.4 is 0 Å². The molecule has 0 bridgehead atoms. The Morgan fingerprint density at radius 2 is 1.13 bits per heavy atom. The number of nitrogens with zero attached hydrogens (tertiary/aromatic N) is 6. The topological polar surface area (TPSA) is 55.8 Å². The maximum absolute atomic E-state index is 9.69. The van der Waals surface area contributed by atoms with Crippen LogP contribution in [-0.4, -0.2) is 18.7 Å². The molecule has 0 unspecified atom stereocenters. The summed E-state index contributed by atoms with van der Waals surface area (Å²) in [6, 6.07) is 58.8. The molecule has 11 rings (SSSR count). The van der Waals surface area contributed by atoms with Gasteiger partial charge in [0.1, 0.15) is 0 Å².